The molecule has 1 aromatic rings. The van der Waals surface area contributed by atoms with Gasteiger partial charge in [0.05, 0.1) is 0 Å². The van der Waals surface area contributed by atoms with Gasteiger partial charge in [0, 0.05) is 18.8 Å². The van der Waals surface area contributed by atoms with Crippen molar-refractivity contribution in [1.29, 1.82) is 0 Å². The smallest absolute Gasteiger partial charge is 0.123 e. The summed E-state index contributed by atoms with van der Waals surface area (Å²) in [5.41, 5.74) is 1.17. The quantitative estimate of drug-likeness (QED) is 0.717. The minimum absolute atomic E-state index is 0.130. The monoisotopic (exact) mass is 211 g/mol. The number of hydrogen-bond acceptors (Lipinski definition) is 2. The van der Waals surface area contributed by atoms with Crippen LogP contribution in [0.4, 0.5) is 10.1 Å². The van der Waals surface area contributed by atoms with Gasteiger partial charge in [-0.1, -0.05) is 0 Å². The summed E-state index contributed by atoms with van der Waals surface area (Å²) in [5, 5.41) is 0. The van der Waals surface area contributed by atoms with E-state index in [1.807, 2.05) is 24.3 Å². The van der Waals surface area contributed by atoms with Gasteiger partial charge in [0.1, 0.15) is 19.0 Å². The minimum atomic E-state index is -0.447. The fourth-order valence-electron chi connectivity index (χ4n) is 1.50. The van der Waals surface area contributed by atoms with Crippen LogP contribution >= 0.6 is 0 Å². The van der Waals surface area contributed by atoms with Crippen LogP contribution in [-0.2, 0) is 0 Å². The Balaban J connectivity index is 2.62. The first-order valence-corrected chi connectivity index (χ1v) is 5.35. The Kier molecular flexibility index (Phi) is 4.95. The van der Waals surface area contributed by atoms with Gasteiger partial charge in [-0.05, 0) is 38.1 Å². The number of halogens is 1. The molecule has 0 saturated carbocycles. The van der Waals surface area contributed by atoms with E-state index in [0.29, 0.717) is 0 Å². The number of ether oxygens (including phenoxy) is 1. The molecule has 0 aromatic heterocycles. The largest absolute Gasteiger partial charge is 0.491 e. The first-order chi connectivity index (χ1) is 7.31. The van der Waals surface area contributed by atoms with Gasteiger partial charge in [-0.25, -0.2) is 4.39 Å². The highest BCUT2D eigenvalue weighted by Crippen LogP contribution is 2.18. The number of benzene rings is 1. The fraction of sp³-hybridized carbons (Fsp3) is 0.500. The third kappa shape index (κ3) is 3.42. The Morgan fingerprint density at radius 1 is 1.13 bits per heavy atom. The van der Waals surface area contributed by atoms with Crippen molar-refractivity contribution >= 4 is 5.69 Å². The van der Waals surface area contributed by atoms with Crippen molar-refractivity contribution < 1.29 is 9.13 Å². The first-order valence-electron chi connectivity index (χ1n) is 5.35. The second kappa shape index (κ2) is 6.27. The van der Waals surface area contributed by atoms with Crippen molar-refractivity contribution in [3.05, 3.63) is 24.3 Å². The average Bonchev–Trinajstić information content (AvgIpc) is 2.29. The van der Waals surface area contributed by atoms with E-state index < -0.39 is 6.67 Å². The van der Waals surface area contributed by atoms with Crippen molar-refractivity contribution in [3.8, 4) is 5.75 Å². The van der Waals surface area contributed by atoms with E-state index in [1.54, 1.807) is 0 Å². The molecule has 15 heavy (non-hydrogen) atoms. The van der Waals surface area contributed by atoms with Crippen LogP contribution in [0.5, 0.6) is 5.75 Å². The maximum atomic E-state index is 11.9. The molecule has 0 N–H and O–H groups in total. The van der Waals surface area contributed by atoms with Crippen LogP contribution in [0.1, 0.15) is 13.8 Å². The van der Waals surface area contributed by atoms with Crippen LogP contribution < -0.4 is 9.64 Å². The van der Waals surface area contributed by atoms with Gasteiger partial charge >= 0.3 is 0 Å². The number of hydrogen-bond donors (Lipinski definition) is 0. The summed E-state index contributed by atoms with van der Waals surface area (Å²) in [5.74, 6) is 0.726. The zero-order valence-electron chi connectivity index (χ0n) is 9.37. The standard InChI is InChI=1S/C12H18FNO/c1-3-14(4-2)11-5-7-12(8-6-11)15-10-9-13/h5-8H,3-4,9-10H2,1-2H3. The summed E-state index contributed by atoms with van der Waals surface area (Å²) in [6, 6.07) is 7.76. The highest BCUT2D eigenvalue weighted by atomic mass is 19.1. The second-order valence-corrected chi connectivity index (χ2v) is 3.20. The number of rotatable bonds is 6. The third-order valence-corrected chi connectivity index (χ3v) is 2.31. The van der Waals surface area contributed by atoms with Crippen molar-refractivity contribution in [2.45, 2.75) is 13.8 Å². The molecule has 0 heterocycles. The van der Waals surface area contributed by atoms with Gasteiger partial charge < -0.3 is 9.64 Å². The molecule has 0 unspecified atom stereocenters. The number of anilines is 1. The van der Waals surface area contributed by atoms with E-state index >= 15 is 0 Å². The molecule has 0 aliphatic carbocycles. The molecular weight excluding hydrogens is 193 g/mol. The molecule has 0 radical (unpaired) electrons. The van der Waals surface area contributed by atoms with E-state index in [2.05, 4.69) is 18.7 Å². The molecule has 0 bridgehead atoms. The van der Waals surface area contributed by atoms with Crippen molar-refractivity contribution in [2.75, 3.05) is 31.3 Å². The molecule has 84 valence electrons. The third-order valence-electron chi connectivity index (χ3n) is 2.31. The Hall–Kier alpha value is -1.25. The predicted molar refractivity (Wildman–Crippen MR) is 61.5 cm³/mol. The SMILES string of the molecule is CCN(CC)c1ccc(OCCF)cc1. The van der Waals surface area contributed by atoms with Crippen molar-refractivity contribution in [2.24, 2.45) is 0 Å². The van der Waals surface area contributed by atoms with E-state index in [-0.39, 0.29) is 6.61 Å². The van der Waals surface area contributed by atoms with E-state index in [0.717, 1.165) is 18.8 Å². The lowest BCUT2D eigenvalue weighted by Crippen LogP contribution is -2.21. The average molecular weight is 211 g/mol. The molecule has 1 rings (SSSR count). The highest BCUT2D eigenvalue weighted by molar-refractivity contribution is 5.48. The van der Waals surface area contributed by atoms with Crippen LogP contribution in [0, 0.1) is 0 Å². The molecule has 1 aromatic carbocycles. The van der Waals surface area contributed by atoms with Crippen LogP contribution in [0.15, 0.2) is 24.3 Å². The normalized spacial score (nSPS) is 10.1. The lowest BCUT2D eigenvalue weighted by atomic mass is 10.2. The van der Waals surface area contributed by atoms with Gasteiger partial charge in [0.15, 0.2) is 0 Å². The maximum absolute atomic E-state index is 11.9. The van der Waals surface area contributed by atoms with Crippen LogP contribution in [-0.4, -0.2) is 26.4 Å². The minimum Gasteiger partial charge on any atom is -0.491 e. The summed E-state index contributed by atoms with van der Waals surface area (Å²) >= 11 is 0. The first kappa shape index (κ1) is 11.8. The number of alkyl halides is 1. The Morgan fingerprint density at radius 3 is 2.20 bits per heavy atom. The van der Waals surface area contributed by atoms with Crippen LogP contribution in [0.25, 0.3) is 0 Å². The molecular formula is C12H18FNO. The van der Waals surface area contributed by atoms with Gasteiger partial charge in [0.25, 0.3) is 0 Å². The van der Waals surface area contributed by atoms with Gasteiger partial charge in [0.2, 0.25) is 0 Å². The maximum Gasteiger partial charge on any atom is 0.123 e. The lowest BCUT2D eigenvalue weighted by molar-refractivity contribution is 0.273. The van der Waals surface area contributed by atoms with E-state index in [1.165, 1.54) is 5.69 Å². The summed E-state index contributed by atoms with van der Waals surface area (Å²) in [6.07, 6.45) is 0. The second-order valence-electron chi connectivity index (χ2n) is 3.20. The van der Waals surface area contributed by atoms with Crippen LogP contribution in [0.2, 0.25) is 0 Å². The Labute approximate surface area is 90.7 Å². The highest BCUT2D eigenvalue weighted by Gasteiger charge is 2.01. The molecule has 3 heteroatoms. The summed E-state index contributed by atoms with van der Waals surface area (Å²) in [7, 11) is 0. The summed E-state index contributed by atoms with van der Waals surface area (Å²) < 4.78 is 17.0. The summed E-state index contributed by atoms with van der Waals surface area (Å²) in [4.78, 5) is 2.25. The van der Waals surface area contributed by atoms with Gasteiger partial charge in [-0.2, -0.15) is 0 Å². The topological polar surface area (TPSA) is 12.5 Å². The molecule has 0 fully saturated rings. The molecule has 0 spiro atoms. The molecule has 0 aliphatic rings. The van der Waals surface area contributed by atoms with Crippen molar-refractivity contribution in [3.63, 3.8) is 0 Å². The molecule has 0 saturated heterocycles. The van der Waals surface area contributed by atoms with E-state index in [4.69, 9.17) is 4.74 Å². The van der Waals surface area contributed by atoms with Gasteiger partial charge in [-0.15, -0.1) is 0 Å². The predicted octanol–water partition coefficient (Wildman–Crippen LogP) is 2.88. The van der Waals surface area contributed by atoms with Crippen molar-refractivity contribution in [1.82, 2.24) is 0 Å². The van der Waals surface area contributed by atoms with E-state index in [9.17, 15) is 4.39 Å². The Bertz CT molecular complexity index is 269. The van der Waals surface area contributed by atoms with Gasteiger partial charge in [-0.3, -0.25) is 0 Å². The molecule has 2 nitrogen and oxygen atoms in total. The van der Waals surface area contributed by atoms with Crippen LogP contribution in [0.3, 0.4) is 0 Å². The zero-order chi connectivity index (χ0) is 11.1. The number of nitrogens with zero attached hydrogens (tertiary/aromatic N) is 1. The zero-order valence-corrected chi connectivity index (χ0v) is 9.37. The fourth-order valence-corrected chi connectivity index (χ4v) is 1.50. The molecule has 0 amide bonds. The lowest BCUT2D eigenvalue weighted by Gasteiger charge is -2.21. The molecule has 0 atom stereocenters. The Morgan fingerprint density at radius 2 is 1.73 bits per heavy atom. The molecule has 0 aliphatic heterocycles. The summed E-state index contributed by atoms with van der Waals surface area (Å²) in [6.45, 7) is 5.90.